The van der Waals surface area contributed by atoms with E-state index in [1.54, 1.807) is 0 Å². The summed E-state index contributed by atoms with van der Waals surface area (Å²) >= 11 is 0. The molecule has 0 aromatic carbocycles. The summed E-state index contributed by atoms with van der Waals surface area (Å²) in [6.45, 7) is 0.755. The van der Waals surface area contributed by atoms with E-state index < -0.39 is 11.9 Å². The van der Waals surface area contributed by atoms with Gasteiger partial charge in [-0.2, -0.15) is 0 Å². The molecule has 0 bridgehead atoms. The maximum atomic E-state index is 11.9. The molecule has 0 aromatic rings. The van der Waals surface area contributed by atoms with E-state index in [1.807, 2.05) is 0 Å². The minimum atomic E-state index is -0.703. The summed E-state index contributed by atoms with van der Waals surface area (Å²) in [5.41, 5.74) is 10.6. The van der Waals surface area contributed by atoms with Gasteiger partial charge in [0.25, 0.3) is 0 Å². The molecule has 112 valence electrons. The summed E-state index contributed by atoms with van der Waals surface area (Å²) in [4.78, 5) is 34.1. The van der Waals surface area contributed by atoms with Gasteiger partial charge in [0.15, 0.2) is 0 Å². The molecular weight excluding hydrogens is 260 g/mol. The van der Waals surface area contributed by atoms with Gasteiger partial charge in [0.05, 0.1) is 11.5 Å². The van der Waals surface area contributed by atoms with Crippen molar-refractivity contribution < 1.29 is 14.4 Å². The van der Waals surface area contributed by atoms with Crippen molar-refractivity contribution in [2.75, 3.05) is 6.54 Å². The van der Waals surface area contributed by atoms with Gasteiger partial charge in [-0.05, 0) is 32.1 Å². The summed E-state index contributed by atoms with van der Waals surface area (Å²) in [5, 5.41) is 5.68. The van der Waals surface area contributed by atoms with Gasteiger partial charge in [0, 0.05) is 19.0 Å². The lowest BCUT2D eigenvalue weighted by Gasteiger charge is -2.45. The number of β-lactam (4-membered cyclic amide) rings is 1. The lowest BCUT2D eigenvalue weighted by molar-refractivity contribution is -0.143. The SMILES string of the molecule is NC(=O)CCC(N)C(=O)NC1CCC2(CC1)CNC2=O. The van der Waals surface area contributed by atoms with Crippen LogP contribution in [0.15, 0.2) is 0 Å². The third kappa shape index (κ3) is 3.09. The number of nitrogens with two attached hydrogens (primary N) is 2. The van der Waals surface area contributed by atoms with Crippen molar-refractivity contribution in [1.82, 2.24) is 10.6 Å². The predicted octanol–water partition coefficient (Wildman–Crippen LogP) is -1.25. The fraction of sp³-hybridized carbons (Fsp3) is 0.769. The minimum absolute atomic E-state index is 0.0705. The Hall–Kier alpha value is -1.63. The fourth-order valence-electron chi connectivity index (χ4n) is 2.87. The minimum Gasteiger partial charge on any atom is -0.370 e. The molecule has 1 aliphatic carbocycles. The van der Waals surface area contributed by atoms with Crippen molar-refractivity contribution in [3.63, 3.8) is 0 Å². The van der Waals surface area contributed by atoms with Crippen LogP contribution in [0.3, 0.4) is 0 Å². The van der Waals surface area contributed by atoms with E-state index in [2.05, 4.69) is 10.6 Å². The molecule has 3 amide bonds. The number of hydrogen-bond acceptors (Lipinski definition) is 4. The predicted molar refractivity (Wildman–Crippen MR) is 72.2 cm³/mol. The number of hydrogen-bond donors (Lipinski definition) is 4. The van der Waals surface area contributed by atoms with E-state index in [0.717, 1.165) is 32.2 Å². The maximum Gasteiger partial charge on any atom is 0.237 e. The Balaban J connectivity index is 1.73. The second-order valence-corrected chi connectivity index (χ2v) is 5.86. The summed E-state index contributed by atoms with van der Waals surface area (Å²) in [5.74, 6) is -0.561. The van der Waals surface area contributed by atoms with E-state index in [-0.39, 0.29) is 36.1 Å². The van der Waals surface area contributed by atoms with Crippen molar-refractivity contribution in [1.29, 1.82) is 0 Å². The lowest BCUT2D eigenvalue weighted by atomic mass is 9.68. The number of amides is 3. The molecule has 2 fully saturated rings. The molecule has 6 N–H and O–H groups in total. The van der Waals surface area contributed by atoms with Crippen LogP contribution in [0.25, 0.3) is 0 Å². The van der Waals surface area contributed by atoms with E-state index in [9.17, 15) is 14.4 Å². The van der Waals surface area contributed by atoms with Crippen molar-refractivity contribution in [3.05, 3.63) is 0 Å². The molecule has 0 radical (unpaired) electrons. The highest BCUT2D eigenvalue weighted by Gasteiger charge is 2.48. The molecule has 7 heteroatoms. The molecule has 20 heavy (non-hydrogen) atoms. The van der Waals surface area contributed by atoms with Crippen molar-refractivity contribution in [3.8, 4) is 0 Å². The summed E-state index contributed by atoms with van der Waals surface area (Å²) < 4.78 is 0. The highest BCUT2D eigenvalue weighted by molar-refractivity contribution is 5.88. The van der Waals surface area contributed by atoms with Crippen molar-refractivity contribution >= 4 is 17.7 Å². The number of nitrogens with one attached hydrogen (secondary N) is 2. The van der Waals surface area contributed by atoms with Gasteiger partial charge in [-0.3, -0.25) is 14.4 Å². The number of carbonyl (C=O) groups excluding carboxylic acids is 3. The Labute approximate surface area is 117 Å². The zero-order valence-corrected chi connectivity index (χ0v) is 11.5. The standard InChI is InChI=1S/C13H22N4O3/c14-9(1-2-10(15)18)11(19)17-8-3-5-13(6-4-8)7-16-12(13)20/h8-9H,1-7,14H2,(H2,15,18)(H,16,20)(H,17,19). The maximum absolute atomic E-state index is 11.9. The zero-order chi connectivity index (χ0) is 14.8. The zero-order valence-electron chi connectivity index (χ0n) is 11.5. The molecule has 0 aromatic heterocycles. The molecule has 1 saturated heterocycles. The second-order valence-electron chi connectivity index (χ2n) is 5.86. The third-order valence-electron chi connectivity index (χ3n) is 4.40. The van der Waals surface area contributed by atoms with Gasteiger partial charge in [0.2, 0.25) is 17.7 Å². The Morgan fingerprint density at radius 1 is 1.40 bits per heavy atom. The van der Waals surface area contributed by atoms with Gasteiger partial charge in [-0.1, -0.05) is 0 Å². The smallest absolute Gasteiger partial charge is 0.237 e. The number of primary amides is 1. The van der Waals surface area contributed by atoms with Gasteiger partial charge < -0.3 is 22.1 Å². The monoisotopic (exact) mass is 282 g/mol. The molecule has 1 atom stereocenters. The van der Waals surface area contributed by atoms with E-state index >= 15 is 0 Å². The Bertz CT molecular complexity index is 416. The topological polar surface area (TPSA) is 127 Å². The van der Waals surface area contributed by atoms with Crippen molar-refractivity contribution in [2.24, 2.45) is 16.9 Å². The third-order valence-corrected chi connectivity index (χ3v) is 4.40. The van der Waals surface area contributed by atoms with Crippen LogP contribution in [-0.2, 0) is 14.4 Å². The van der Waals surface area contributed by atoms with E-state index in [1.165, 1.54) is 0 Å². The number of carbonyl (C=O) groups is 3. The molecule has 1 saturated carbocycles. The van der Waals surface area contributed by atoms with Crippen LogP contribution >= 0.6 is 0 Å². The molecule has 2 rings (SSSR count). The highest BCUT2D eigenvalue weighted by atomic mass is 16.2. The first kappa shape index (κ1) is 14.8. The van der Waals surface area contributed by atoms with Crippen LogP contribution < -0.4 is 22.1 Å². The molecule has 1 heterocycles. The van der Waals surface area contributed by atoms with Gasteiger partial charge >= 0.3 is 0 Å². The summed E-state index contributed by atoms with van der Waals surface area (Å²) in [6, 6.07) is -0.633. The molecule has 1 unspecified atom stereocenters. The van der Waals surface area contributed by atoms with E-state index in [0.29, 0.717) is 0 Å². The van der Waals surface area contributed by atoms with Gasteiger partial charge in [0.1, 0.15) is 0 Å². The summed E-state index contributed by atoms with van der Waals surface area (Å²) in [7, 11) is 0. The fourth-order valence-corrected chi connectivity index (χ4v) is 2.87. The lowest BCUT2D eigenvalue weighted by Crippen LogP contribution is -2.61. The normalized spacial score (nSPS) is 30.2. The average Bonchev–Trinajstić information content (AvgIpc) is 2.43. The molecule has 1 spiro atoms. The quantitative estimate of drug-likeness (QED) is 0.470. The van der Waals surface area contributed by atoms with Crippen LogP contribution in [0.1, 0.15) is 38.5 Å². The largest absolute Gasteiger partial charge is 0.370 e. The first-order valence-electron chi connectivity index (χ1n) is 7.05. The Kier molecular flexibility index (Phi) is 4.27. The average molecular weight is 282 g/mol. The Morgan fingerprint density at radius 2 is 2.05 bits per heavy atom. The van der Waals surface area contributed by atoms with E-state index in [4.69, 9.17) is 11.5 Å². The summed E-state index contributed by atoms with van der Waals surface area (Å²) in [6.07, 6.45) is 3.58. The Morgan fingerprint density at radius 3 is 2.50 bits per heavy atom. The molecule has 7 nitrogen and oxygen atoms in total. The second kappa shape index (κ2) is 5.78. The molecule has 1 aliphatic heterocycles. The molecular formula is C13H22N4O3. The molecule has 2 aliphatic rings. The van der Waals surface area contributed by atoms with Crippen LogP contribution in [0.4, 0.5) is 0 Å². The van der Waals surface area contributed by atoms with Crippen LogP contribution in [-0.4, -0.2) is 36.3 Å². The van der Waals surface area contributed by atoms with Crippen molar-refractivity contribution in [2.45, 2.75) is 50.6 Å². The van der Waals surface area contributed by atoms with Crippen LogP contribution in [0.2, 0.25) is 0 Å². The van der Waals surface area contributed by atoms with Crippen LogP contribution in [0.5, 0.6) is 0 Å². The first-order chi connectivity index (χ1) is 9.43. The number of rotatable bonds is 5. The highest BCUT2D eigenvalue weighted by Crippen LogP contribution is 2.40. The first-order valence-corrected chi connectivity index (χ1v) is 7.05. The van der Waals surface area contributed by atoms with Gasteiger partial charge in [-0.15, -0.1) is 0 Å². The van der Waals surface area contributed by atoms with Gasteiger partial charge in [-0.25, -0.2) is 0 Å². The van der Waals surface area contributed by atoms with Crippen LogP contribution in [0, 0.1) is 5.41 Å².